The molecule has 1 aliphatic rings. The molecule has 0 atom stereocenters. The molecule has 2 rings (SSSR count). The van der Waals surface area contributed by atoms with E-state index in [4.69, 9.17) is 16.4 Å². The van der Waals surface area contributed by atoms with Gasteiger partial charge in [-0.05, 0) is 24.1 Å². The molecule has 5 heteroatoms. The molecule has 0 radical (unpaired) electrons. The third-order valence-electron chi connectivity index (χ3n) is 3.16. The van der Waals surface area contributed by atoms with Crippen molar-refractivity contribution in [1.29, 1.82) is 0 Å². The standard InChI is InChI=1S/C15H22ClN3O/c1-2-3-4-9-17-15-18-10-11-19(15)20-12-13-5-7-14(16)8-6-13/h5-8H,2-4,9-12H2,1H3,(H,17,18). The number of nitrogens with one attached hydrogen (secondary N) is 1. The summed E-state index contributed by atoms with van der Waals surface area (Å²) in [7, 11) is 0. The monoisotopic (exact) mass is 295 g/mol. The fourth-order valence-corrected chi connectivity index (χ4v) is 2.14. The van der Waals surface area contributed by atoms with Crippen LogP contribution in [0.4, 0.5) is 0 Å². The molecule has 0 aromatic heterocycles. The zero-order valence-electron chi connectivity index (χ0n) is 11.9. The number of aliphatic imine (C=N–C) groups is 1. The van der Waals surface area contributed by atoms with Gasteiger partial charge in [-0.1, -0.05) is 43.5 Å². The van der Waals surface area contributed by atoms with Gasteiger partial charge in [-0.2, -0.15) is 0 Å². The molecule has 0 spiro atoms. The molecule has 4 nitrogen and oxygen atoms in total. The van der Waals surface area contributed by atoms with Gasteiger partial charge in [-0.15, -0.1) is 0 Å². The van der Waals surface area contributed by atoms with E-state index in [9.17, 15) is 0 Å². The zero-order valence-corrected chi connectivity index (χ0v) is 12.7. The quantitative estimate of drug-likeness (QED) is 0.785. The molecule has 0 unspecified atom stereocenters. The molecule has 0 fully saturated rings. The first-order valence-corrected chi connectivity index (χ1v) is 7.60. The van der Waals surface area contributed by atoms with Crippen molar-refractivity contribution in [2.75, 3.05) is 19.6 Å². The van der Waals surface area contributed by atoms with Crippen LogP contribution in [-0.4, -0.2) is 30.7 Å². The van der Waals surface area contributed by atoms with Crippen LogP contribution >= 0.6 is 11.6 Å². The van der Waals surface area contributed by atoms with E-state index in [1.165, 1.54) is 19.3 Å². The Labute approximate surface area is 125 Å². The smallest absolute Gasteiger partial charge is 0.218 e. The van der Waals surface area contributed by atoms with E-state index >= 15 is 0 Å². The maximum absolute atomic E-state index is 5.86. The van der Waals surface area contributed by atoms with Gasteiger partial charge in [0, 0.05) is 11.6 Å². The van der Waals surface area contributed by atoms with Gasteiger partial charge in [0.25, 0.3) is 0 Å². The molecule has 0 saturated heterocycles. The lowest BCUT2D eigenvalue weighted by molar-refractivity contribution is -0.105. The molecular weight excluding hydrogens is 274 g/mol. The van der Waals surface area contributed by atoms with Crippen LogP contribution in [0.25, 0.3) is 0 Å². The van der Waals surface area contributed by atoms with Crippen LogP contribution in [0, 0.1) is 0 Å². The van der Waals surface area contributed by atoms with Gasteiger partial charge in [0.05, 0.1) is 13.1 Å². The van der Waals surface area contributed by atoms with Gasteiger partial charge in [0.2, 0.25) is 5.96 Å². The molecule has 20 heavy (non-hydrogen) atoms. The summed E-state index contributed by atoms with van der Waals surface area (Å²) in [6.45, 7) is 5.29. The van der Waals surface area contributed by atoms with E-state index in [-0.39, 0.29) is 0 Å². The first kappa shape index (κ1) is 15.1. The van der Waals surface area contributed by atoms with Crippen molar-refractivity contribution in [3.63, 3.8) is 0 Å². The van der Waals surface area contributed by atoms with Crippen molar-refractivity contribution >= 4 is 17.6 Å². The van der Waals surface area contributed by atoms with Crippen LogP contribution in [0.2, 0.25) is 5.02 Å². The van der Waals surface area contributed by atoms with Crippen LogP contribution < -0.4 is 5.32 Å². The Kier molecular flexibility index (Phi) is 6.15. The summed E-state index contributed by atoms with van der Waals surface area (Å²) in [5.74, 6) is 0.857. The molecule has 0 aliphatic carbocycles. The number of halogens is 1. The van der Waals surface area contributed by atoms with E-state index in [1.807, 2.05) is 29.3 Å². The predicted octanol–water partition coefficient (Wildman–Crippen LogP) is 3.22. The van der Waals surface area contributed by atoms with Crippen molar-refractivity contribution in [3.8, 4) is 0 Å². The molecule has 0 saturated carbocycles. The Morgan fingerprint density at radius 2 is 2.10 bits per heavy atom. The Balaban J connectivity index is 1.74. The molecule has 0 amide bonds. The first-order valence-electron chi connectivity index (χ1n) is 7.23. The summed E-state index contributed by atoms with van der Waals surface area (Å²) in [4.78, 5) is 10.2. The topological polar surface area (TPSA) is 36.9 Å². The number of unbranched alkanes of at least 4 members (excludes halogenated alkanes) is 2. The van der Waals surface area contributed by atoms with Gasteiger partial charge >= 0.3 is 0 Å². The minimum atomic E-state index is 0.535. The Bertz CT molecular complexity index is 433. The maximum atomic E-state index is 5.86. The van der Waals surface area contributed by atoms with Crippen molar-refractivity contribution in [3.05, 3.63) is 34.9 Å². The lowest BCUT2D eigenvalue weighted by Crippen LogP contribution is -2.38. The van der Waals surface area contributed by atoms with Gasteiger partial charge in [0.1, 0.15) is 6.61 Å². The first-order chi connectivity index (χ1) is 9.79. The van der Waals surface area contributed by atoms with Crippen molar-refractivity contribution < 1.29 is 4.84 Å². The number of hydrogen-bond acceptors (Lipinski definition) is 4. The van der Waals surface area contributed by atoms with Crippen molar-refractivity contribution in [1.82, 2.24) is 10.4 Å². The minimum Gasteiger partial charge on any atom is -0.354 e. The van der Waals surface area contributed by atoms with Crippen LogP contribution in [0.1, 0.15) is 31.7 Å². The highest BCUT2D eigenvalue weighted by atomic mass is 35.5. The summed E-state index contributed by atoms with van der Waals surface area (Å²) in [6.07, 6.45) is 3.64. The number of guanidine groups is 1. The number of nitrogens with zero attached hydrogens (tertiary/aromatic N) is 2. The van der Waals surface area contributed by atoms with Gasteiger partial charge in [-0.25, -0.2) is 10.1 Å². The average Bonchev–Trinajstić information content (AvgIpc) is 2.90. The highest BCUT2D eigenvalue weighted by molar-refractivity contribution is 6.30. The van der Waals surface area contributed by atoms with Crippen LogP contribution in [0.15, 0.2) is 29.3 Å². The lowest BCUT2D eigenvalue weighted by atomic mass is 10.2. The van der Waals surface area contributed by atoms with Crippen LogP contribution in [0.5, 0.6) is 0 Å². The summed E-state index contributed by atoms with van der Waals surface area (Å²) in [5.41, 5.74) is 1.10. The number of rotatable bonds is 7. The van der Waals surface area contributed by atoms with E-state index in [0.717, 1.165) is 36.2 Å². The number of hydrogen-bond donors (Lipinski definition) is 1. The molecule has 1 heterocycles. The maximum Gasteiger partial charge on any atom is 0.218 e. The SMILES string of the molecule is CCCCCNC1=NCCN1OCc1ccc(Cl)cc1. The van der Waals surface area contributed by atoms with Gasteiger partial charge in [0.15, 0.2) is 0 Å². The summed E-state index contributed by atoms with van der Waals surface area (Å²) in [6, 6.07) is 7.71. The van der Waals surface area contributed by atoms with Gasteiger partial charge in [-0.3, -0.25) is 4.84 Å². The largest absolute Gasteiger partial charge is 0.354 e. The lowest BCUT2D eigenvalue weighted by Gasteiger charge is -2.20. The summed E-state index contributed by atoms with van der Waals surface area (Å²) in [5, 5.41) is 5.93. The van der Waals surface area contributed by atoms with E-state index in [0.29, 0.717) is 6.61 Å². The predicted molar refractivity (Wildman–Crippen MR) is 82.8 cm³/mol. The van der Waals surface area contributed by atoms with Crippen molar-refractivity contribution in [2.24, 2.45) is 4.99 Å². The number of hydroxylamine groups is 2. The number of benzene rings is 1. The van der Waals surface area contributed by atoms with Crippen LogP contribution in [-0.2, 0) is 11.4 Å². The van der Waals surface area contributed by atoms with E-state index < -0.39 is 0 Å². The molecule has 1 aromatic rings. The van der Waals surface area contributed by atoms with Crippen molar-refractivity contribution in [2.45, 2.75) is 32.8 Å². The summed E-state index contributed by atoms with van der Waals surface area (Å²) < 4.78 is 0. The van der Waals surface area contributed by atoms with Gasteiger partial charge < -0.3 is 5.32 Å². The highest BCUT2D eigenvalue weighted by Gasteiger charge is 2.17. The normalized spacial score (nSPS) is 14.5. The molecule has 1 N–H and O–H groups in total. The van der Waals surface area contributed by atoms with E-state index in [1.54, 1.807) is 0 Å². The zero-order chi connectivity index (χ0) is 14.2. The molecular formula is C15H22ClN3O. The fourth-order valence-electron chi connectivity index (χ4n) is 2.01. The molecule has 1 aromatic carbocycles. The molecule has 1 aliphatic heterocycles. The Hall–Kier alpha value is -1.26. The fraction of sp³-hybridized carbons (Fsp3) is 0.533. The van der Waals surface area contributed by atoms with Crippen LogP contribution in [0.3, 0.4) is 0 Å². The third kappa shape index (κ3) is 4.69. The average molecular weight is 296 g/mol. The second kappa shape index (κ2) is 8.12. The Morgan fingerprint density at radius 3 is 2.85 bits per heavy atom. The highest BCUT2D eigenvalue weighted by Crippen LogP contribution is 2.11. The third-order valence-corrected chi connectivity index (χ3v) is 3.42. The minimum absolute atomic E-state index is 0.535. The second-order valence-electron chi connectivity index (χ2n) is 4.84. The summed E-state index contributed by atoms with van der Waals surface area (Å²) >= 11 is 5.86. The second-order valence-corrected chi connectivity index (χ2v) is 5.28. The van der Waals surface area contributed by atoms with E-state index in [2.05, 4.69) is 17.2 Å². The molecule has 0 bridgehead atoms. The molecule has 110 valence electrons. The Morgan fingerprint density at radius 1 is 1.30 bits per heavy atom.